The van der Waals surface area contributed by atoms with Crippen LogP contribution in [0.4, 0.5) is 17.6 Å². The minimum absolute atomic E-state index is 0.0617. The Kier molecular flexibility index (Phi) is 6.65. The maximum absolute atomic E-state index is 14.6. The summed E-state index contributed by atoms with van der Waals surface area (Å²) in [7, 11) is 1.39. The van der Waals surface area contributed by atoms with Crippen LogP contribution < -0.4 is 15.4 Å². The molecule has 0 saturated carbocycles. The van der Waals surface area contributed by atoms with Crippen molar-refractivity contribution in [3.63, 3.8) is 0 Å². The molecule has 2 amide bonds. The molecule has 1 aliphatic rings. The molecule has 2 N–H and O–H groups in total. The predicted octanol–water partition coefficient (Wildman–Crippen LogP) is 2.50. The van der Waals surface area contributed by atoms with Crippen LogP contribution in [0.3, 0.4) is 0 Å². The number of alkyl halides is 4. The maximum Gasteiger partial charge on any atom is 0.425 e. The average Bonchev–Trinajstić information content (AvgIpc) is 2.61. The average molecular weight is 435 g/mol. The zero-order valence-corrected chi connectivity index (χ0v) is 17.3. The largest absolute Gasteiger partial charge is 0.479 e. The molecule has 30 heavy (non-hydrogen) atoms. The van der Waals surface area contributed by atoms with E-state index in [1.807, 2.05) is 0 Å². The summed E-state index contributed by atoms with van der Waals surface area (Å²) in [5.41, 5.74) is -3.18. The number of amides is 2. The third kappa shape index (κ3) is 5.18. The quantitative estimate of drug-likeness (QED) is 0.671. The zero-order chi connectivity index (χ0) is 22.9. The first-order valence-electron chi connectivity index (χ1n) is 9.22. The van der Waals surface area contributed by atoms with Gasteiger partial charge in [0.1, 0.15) is 6.04 Å². The SMILES string of the molecule is CNC(=O)[C@@H](NC(=O)c1ncc(C2(F)COC2)cc1O[C@@H](C)C(F)(F)F)C(C)(C)C. The van der Waals surface area contributed by atoms with Crippen molar-refractivity contribution < 1.29 is 36.6 Å². The summed E-state index contributed by atoms with van der Waals surface area (Å²) in [6.45, 7) is 5.31. The Labute approximate surface area is 171 Å². The van der Waals surface area contributed by atoms with E-state index < -0.39 is 52.7 Å². The molecule has 0 radical (unpaired) electrons. The van der Waals surface area contributed by atoms with Gasteiger partial charge in [0.05, 0.1) is 13.2 Å². The first-order valence-corrected chi connectivity index (χ1v) is 9.22. The molecule has 1 fully saturated rings. The van der Waals surface area contributed by atoms with E-state index in [0.717, 1.165) is 19.2 Å². The molecule has 7 nitrogen and oxygen atoms in total. The number of carbonyl (C=O) groups excluding carboxylic acids is 2. The number of hydrogen-bond donors (Lipinski definition) is 2. The van der Waals surface area contributed by atoms with Gasteiger partial charge in [0.15, 0.2) is 23.2 Å². The van der Waals surface area contributed by atoms with Gasteiger partial charge < -0.3 is 20.1 Å². The van der Waals surface area contributed by atoms with Gasteiger partial charge in [0, 0.05) is 18.8 Å². The molecule has 0 bridgehead atoms. The number of nitrogens with one attached hydrogen (secondary N) is 2. The Bertz CT molecular complexity index is 804. The van der Waals surface area contributed by atoms with E-state index in [2.05, 4.69) is 15.6 Å². The standard InChI is InChI=1S/C19H25F4N3O4/c1-10(19(21,22)23)30-12-6-11(18(20)8-29-9-18)7-25-13(12)15(27)26-14(16(28)24-5)17(2,3)4/h6-7,10,14H,8-9H2,1-5H3,(H,24,28)(H,26,27)/t10-,14+/m0/s1. The van der Waals surface area contributed by atoms with Crippen LogP contribution in [-0.2, 0) is 15.2 Å². The van der Waals surface area contributed by atoms with E-state index in [4.69, 9.17) is 9.47 Å². The second-order valence-corrected chi connectivity index (χ2v) is 8.22. The van der Waals surface area contributed by atoms with Crippen molar-refractivity contribution >= 4 is 11.8 Å². The Balaban J connectivity index is 2.41. The smallest absolute Gasteiger partial charge is 0.425 e. The highest BCUT2D eigenvalue weighted by Crippen LogP contribution is 2.36. The minimum Gasteiger partial charge on any atom is -0.479 e. The first-order chi connectivity index (χ1) is 13.7. The van der Waals surface area contributed by atoms with Crippen LogP contribution >= 0.6 is 0 Å². The third-order valence-corrected chi connectivity index (χ3v) is 4.66. The van der Waals surface area contributed by atoms with Crippen molar-refractivity contribution in [3.8, 4) is 5.75 Å². The van der Waals surface area contributed by atoms with Crippen LogP contribution in [0, 0.1) is 5.41 Å². The molecule has 0 unspecified atom stereocenters. The molecule has 2 rings (SSSR count). The van der Waals surface area contributed by atoms with E-state index >= 15 is 0 Å². The number of nitrogens with zero attached hydrogens (tertiary/aromatic N) is 1. The number of likely N-dealkylation sites (N-methyl/N-ethyl adjacent to an activating group) is 1. The van der Waals surface area contributed by atoms with Gasteiger partial charge in [0.2, 0.25) is 5.91 Å². The summed E-state index contributed by atoms with van der Waals surface area (Å²) >= 11 is 0. The monoisotopic (exact) mass is 435 g/mol. The Morgan fingerprint density at radius 3 is 2.30 bits per heavy atom. The number of hydrogen-bond acceptors (Lipinski definition) is 5. The molecular weight excluding hydrogens is 410 g/mol. The second-order valence-electron chi connectivity index (χ2n) is 8.22. The molecule has 1 aliphatic heterocycles. The summed E-state index contributed by atoms with van der Waals surface area (Å²) in [5.74, 6) is -1.96. The van der Waals surface area contributed by atoms with E-state index in [1.54, 1.807) is 20.8 Å². The second kappa shape index (κ2) is 8.37. The molecule has 2 atom stereocenters. The van der Waals surface area contributed by atoms with Gasteiger partial charge in [-0.25, -0.2) is 9.37 Å². The van der Waals surface area contributed by atoms with Crippen molar-refractivity contribution in [2.45, 2.75) is 51.7 Å². The minimum atomic E-state index is -4.72. The molecule has 11 heteroatoms. The van der Waals surface area contributed by atoms with Gasteiger partial charge >= 0.3 is 6.18 Å². The van der Waals surface area contributed by atoms with Gasteiger partial charge in [-0.15, -0.1) is 0 Å². The highest BCUT2D eigenvalue weighted by molar-refractivity contribution is 5.98. The molecule has 0 aromatic carbocycles. The van der Waals surface area contributed by atoms with Gasteiger partial charge in [-0.2, -0.15) is 13.2 Å². The van der Waals surface area contributed by atoms with E-state index in [0.29, 0.717) is 0 Å². The Morgan fingerprint density at radius 1 is 1.27 bits per heavy atom. The van der Waals surface area contributed by atoms with Crippen molar-refractivity contribution in [2.24, 2.45) is 5.41 Å². The lowest BCUT2D eigenvalue weighted by Crippen LogP contribution is -2.53. The van der Waals surface area contributed by atoms with Crippen LogP contribution in [0.5, 0.6) is 5.75 Å². The molecule has 1 aromatic rings. The molecule has 2 heterocycles. The van der Waals surface area contributed by atoms with E-state index in [9.17, 15) is 27.2 Å². The summed E-state index contributed by atoms with van der Waals surface area (Å²) in [5, 5.41) is 4.89. The fourth-order valence-corrected chi connectivity index (χ4v) is 2.67. The van der Waals surface area contributed by atoms with Gasteiger partial charge in [0.25, 0.3) is 5.91 Å². The summed E-state index contributed by atoms with van der Waals surface area (Å²) in [4.78, 5) is 28.8. The highest BCUT2D eigenvalue weighted by Gasteiger charge is 2.43. The number of aromatic nitrogens is 1. The lowest BCUT2D eigenvalue weighted by Gasteiger charge is -2.34. The lowest BCUT2D eigenvalue weighted by molar-refractivity contribution is -0.189. The summed E-state index contributed by atoms with van der Waals surface area (Å²) in [6.07, 6.45) is -5.94. The molecule has 0 aliphatic carbocycles. The van der Waals surface area contributed by atoms with Crippen LogP contribution in [0.2, 0.25) is 0 Å². The third-order valence-electron chi connectivity index (χ3n) is 4.66. The molecule has 1 aromatic heterocycles. The molecular formula is C19H25F4N3O4. The van der Waals surface area contributed by atoms with Crippen molar-refractivity contribution in [3.05, 3.63) is 23.5 Å². The number of carbonyl (C=O) groups is 2. The Hall–Kier alpha value is -2.43. The van der Waals surface area contributed by atoms with Crippen molar-refractivity contribution in [2.75, 3.05) is 20.3 Å². The van der Waals surface area contributed by atoms with Crippen molar-refractivity contribution in [1.29, 1.82) is 0 Å². The highest BCUT2D eigenvalue weighted by atomic mass is 19.4. The first kappa shape index (κ1) is 23.8. The number of ether oxygens (including phenoxy) is 2. The lowest BCUT2D eigenvalue weighted by atomic mass is 9.86. The fraction of sp³-hybridized carbons (Fsp3) is 0.632. The summed E-state index contributed by atoms with van der Waals surface area (Å²) in [6, 6.07) is 0.00970. The van der Waals surface area contributed by atoms with Crippen LogP contribution in [0.15, 0.2) is 12.3 Å². The van der Waals surface area contributed by atoms with Gasteiger partial charge in [-0.05, 0) is 18.4 Å². The van der Waals surface area contributed by atoms with Crippen molar-refractivity contribution in [1.82, 2.24) is 15.6 Å². The normalized spacial score (nSPS) is 18.0. The van der Waals surface area contributed by atoms with Gasteiger partial charge in [-0.3, -0.25) is 9.59 Å². The zero-order valence-electron chi connectivity index (χ0n) is 17.3. The van der Waals surface area contributed by atoms with Crippen LogP contribution in [-0.4, -0.2) is 55.4 Å². The molecule has 1 saturated heterocycles. The summed E-state index contributed by atoms with van der Waals surface area (Å²) < 4.78 is 63.4. The van der Waals surface area contributed by atoms with Crippen LogP contribution in [0.25, 0.3) is 0 Å². The fourth-order valence-electron chi connectivity index (χ4n) is 2.67. The number of rotatable bonds is 6. The van der Waals surface area contributed by atoms with E-state index in [-0.39, 0.29) is 18.8 Å². The maximum atomic E-state index is 14.6. The molecule has 0 spiro atoms. The topological polar surface area (TPSA) is 89.6 Å². The number of pyridine rings is 1. The number of halogens is 4. The predicted molar refractivity (Wildman–Crippen MR) is 98.8 cm³/mol. The molecule has 168 valence electrons. The van der Waals surface area contributed by atoms with Gasteiger partial charge in [-0.1, -0.05) is 20.8 Å². The van der Waals surface area contributed by atoms with Crippen LogP contribution in [0.1, 0.15) is 43.7 Å². The van der Waals surface area contributed by atoms with E-state index in [1.165, 1.54) is 7.05 Å². The Morgan fingerprint density at radius 2 is 1.87 bits per heavy atom.